The number of rotatable bonds is 4. The van der Waals surface area contributed by atoms with E-state index in [1.807, 2.05) is 26.0 Å². The first-order valence-electron chi connectivity index (χ1n) is 6.60. The Morgan fingerprint density at radius 1 is 1.00 bits per heavy atom. The summed E-state index contributed by atoms with van der Waals surface area (Å²) in [5.41, 5.74) is 3.26. The van der Waals surface area contributed by atoms with Gasteiger partial charge in [-0.3, -0.25) is 9.59 Å². The van der Waals surface area contributed by atoms with Gasteiger partial charge in [0.05, 0.1) is 0 Å². The predicted molar refractivity (Wildman–Crippen MR) is 85.0 cm³/mol. The summed E-state index contributed by atoms with van der Waals surface area (Å²) in [6.07, 6.45) is 0. The van der Waals surface area contributed by atoms with E-state index in [9.17, 15) is 9.59 Å². The molecular formula is C17H16ClNO2. The lowest BCUT2D eigenvalue weighted by atomic mass is 10.1. The summed E-state index contributed by atoms with van der Waals surface area (Å²) in [5.74, 6) is -0.924. The van der Waals surface area contributed by atoms with Crippen molar-refractivity contribution in [2.75, 3.05) is 5.32 Å². The quantitative estimate of drug-likeness (QED) is 0.531. The van der Waals surface area contributed by atoms with Gasteiger partial charge < -0.3 is 5.32 Å². The Morgan fingerprint density at radius 3 is 2.29 bits per heavy atom. The zero-order valence-electron chi connectivity index (χ0n) is 11.9. The molecule has 0 heterocycles. The van der Waals surface area contributed by atoms with Crippen molar-refractivity contribution < 1.29 is 9.59 Å². The van der Waals surface area contributed by atoms with Crippen molar-refractivity contribution in [3.8, 4) is 0 Å². The average Bonchev–Trinajstić information content (AvgIpc) is 2.50. The molecule has 0 aliphatic rings. The van der Waals surface area contributed by atoms with Crippen LogP contribution in [0, 0.1) is 13.8 Å². The normalized spacial score (nSPS) is 11.8. The largest absolute Gasteiger partial charge is 0.324 e. The molecule has 0 radical (unpaired) electrons. The Bertz CT molecular complexity index is 668. The van der Waals surface area contributed by atoms with Crippen LogP contribution in [0.3, 0.4) is 0 Å². The van der Waals surface area contributed by atoms with Gasteiger partial charge in [0.1, 0.15) is 0 Å². The van der Waals surface area contributed by atoms with Gasteiger partial charge in [0.25, 0.3) is 0 Å². The number of halogens is 1. The number of carbonyl (C=O) groups excluding carboxylic acids is 2. The molecule has 0 aromatic heterocycles. The van der Waals surface area contributed by atoms with Crippen LogP contribution in [-0.2, 0) is 4.79 Å². The second-order valence-electron chi connectivity index (χ2n) is 4.88. The number of amides is 1. The van der Waals surface area contributed by atoms with Gasteiger partial charge in [0.2, 0.25) is 5.91 Å². The highest BCUT2D eigenvalue weighted by Gasteiger charge is 2.25. The minimum atomic E-state index is -1.24. The van der Waals surface area contributed by atoms with Crippen LogP contribution >= 0.6 is 11.6 Å². The van der Waals surface area contributed by atoms with Crippen molar-refractivity contribution >= 4 is 29.0 Å². The molecule has 2 aromatic rings. The van der Waals surface area contributed by atoms with Crippen molar-refractivity contribution in [1.82, 2.24) is 0 Å². The van der Waals surface area contributed by atoms with Crippen molar-refractivity contribution in [1.29, 1.82) is 0 Å². The Kier molecular flexibility index (Phi) is 4.76. The highest BCUT2D eigenvalue weighted by atomic mass is 35.5. The van der Waals surface area contributed by atoms with E-state index >= 15 is 0 Å². The summed E-state index contributed by atoms with van der Waals surface area (Å²) in [6.45, 7) is 3.95. The molecule has 1 amide bonds. The zero-order valence-corrected chi connectivity index (χ0v) is 12.6. The van der Waals surface area contributed by atoms with E-state index in [2.05, 4.69) is 5.32 Å². The van der Waals surface area contributed by atoms with Crippen LogP contribution in [0.15, 0.2) is 48.5 Å². The molecule has 0 fully saturated rings. The lowest BCUT2D eigenvalue weighted by molar-refractivity contribution is -0.115. The Balaban J connectivity index is 2.09. The number of carbonyl (C=O) groups is 2. The van der Waals surface area contributed by atoms with Crippen LogP contribution in [0.25, 0.3) is 0 Å². The lowest BCUT2D eigenvalue weighted by Gasteiger charge is -2.11. The third kappa shape index (κ3) is 3.70. The molecule has 1 atom stereocenters. The molecule has 21 heavy (non-hydrogen) atoms. The number of ketones is 1. The van der Waals surface area contributed by atoms with Crippen molar-refractivity contribution in [3.63, 3.8) is 0 Å². The van der Waals surface area contributed by atoms with Crippen LogP contribution in [0.4, 0.5) is 5.69 Å². The van der Waals surface area contributed by atoms with Gasteiger partial charge >= 0.3 is 0 Å². The monoisotopic (exact) mass is 301 g/mol. The third-order valence-electron chi connectivity index (χ3n) is 3.29. The Hall–Kier alpha value is -2.13. The molecular weight excluding hydrogens is 286 g/mol. The number of aryl methyl sites for hydroxylation is 2. The minimum absolute atomic E-state index is 0.404. The van der Waals surface area contributed by atoms with Crippen molar-refractivity contribution in [2.45, 2.75) is 19.2 Å². The summed E-state index contributed by atoms with van der Waals surface area (Å²) in [7, 11) is 0. The molecule has 4 heteroatoms. The minimum Gasteiger partial charge on any atom is -0.324 e. The number of alkyl halides is 1. The number of hydrogen-bond acceptors (Lipinski definition) is 2. The molecule has 0 aliphatic carbocycles. The summed E-state index contributed by atoms with van der Waals surface area (Å²) in [4.78, 5) is 24.2. The highest BCUT2D eigenvalue weighted by molar-refractivity contribution is 6.45. The molecule has 1 N–H and O–H groups in total. The summed E-state index contributed by atoms with van der Waals surface area (Å²) in [5, 5.41) is 1.43. The average molecular weight is 302 g/mol. The van der Waals surface area contributed by atoms with Crippen LogP contribution in [0.5, 0.6) is 0 Å². The molecule has 0 unspecified atom stereocenters. The SMILES string of the molecule is Cc1ccc(NC(=O)[C@H](Cl)C(=O)c2ccccc2)cc1C. The number of benzene rings is 2. The molecule has 0 bridgehead atoms. The molecule has 2 rings (SSSR count). The van der Waals surface area contributed by atoms with Gasteiger partial charge in [0.15, 0.2) is 11.2 Å². The van der Waals surface area contributed by atoms with Gasteiger partial charge in [-0.2, -0.15) is 0 Å². The van der Waals surface area contributed by atoms with E-state index in [1.165, 1.54) is 0 Å². The standard InChI is InChI=1S/C17H16ClNO2/c1-11-8-9-14(10-12(11)2)19-17(21)15(18)16(20)13-6-4-3-5-7-13/h3-10,15H,1-2H3,(H,19,21)/t15-/m1/s1. The first kappa shape index (κ1) is 15.3. The van der Waals surface area contributed by atoms with E-state index in [1.54, 1.807) is 36.4 Å². The highest BCUT2D eigenvalue weighted by Crippen LogP contribution is 2.16. The van der Waals surface area contributed by atoms with Crippen molar-refractivity contribution in [3.05, 3.63) is 65.2 Å². The van der Waals surface area contributed by atoms with Gasteiger partial charge in [-0.05, 0) is 37.1 Å². The van der Waals surface area contributed by atoms with Crippen LogP contribution in [0.2, 0.25) is 0 Å². The molecule has 0 saturated heterocycles. The van der Waals surface area contributed by atoms with Crippen LogP contribution in [-0.4, -0.2) is 17.1 Å². The van der Waals surface area contributed by atoms with Crippen LogP contribution in [0.1, 0.15) is 21.5 Å². The number of hydrogen-bond donors (Lipinski definition) is 1. The molecule has 3 nitrogen and oxygen atoms in total. The van der Waals surface area contributed by atoms with E-state index in [4.69, 9.17) is 11.6 Å². The molecule has 108 valence electrons. The topological polar surface area (TPSA) is 46.2 Å². The van der Waals surface area contributed by atoms with Gasteiger partial charge in [-0.1, -0.05) is 36.4 Å². The Labute approximate surface area is 128 Å². The second kappa shape index (κ2) is 6.55. The fourth-order valence-electron chi connectivity index (χ4n) is 1.89. The molecule has 0 saturated carbocycles. The Morgan fingerprint density at radius 2 is 1.67 bits per heavy atom. The van der Waals surface area contributed by atoms with E-state index in [-0.39, 0.29) is 0 Å². The van der Waals surface area contributed by atoms with Crippen molar-refractivity contribution in [2.24, 2.45) is 0 Å². The van der Waals surface area contributed by atoms with E-state index in [0.29, 0.717) is 11.3 Å². The molecule has 2 aromatic carbocycles. The fourth-order valence-corrected chi connectivity index (χ4v) is 2.07. The zero-order chi connectivity index (χ0) is 15.4. The maximum Gasteiger partial charge on any atom is 0.250 e. The van der Waals surface area contributed by atoms with E-state index < -0.39 is 17.1 Å². The van der Waals surface area contributed by atoms with Gasteiger partial charge in [-0.25, -0.2) is 0 Å². The summed E-state index contributed by atoms with van der Waals surface area (Å²) >= 11 is 5.98. The molecule has 0 spiro atoms. The van der Waals surface area contributed by atoms with E-state index in [0.717, 1.165) is 11.1 Å². The second-order valence-corrected chi connectivity index (χ2v) is 5.32. The van der Waals surface area contributed by atoms with Gasteiger partial charge in [-0.15, -0.1) is 11.6 Å². The fraction of sp³-hybridized carbons (Fsp3) is 0.176. The smallest absolute Gasteiger partial charge is 0.250 e. The lowest BCUT2D eigenvalue weighted by Crippen LogP contribution is -2.30. The third-order valence-corrected chi connectivity index (χ3v) is 3.69. The number of Topliss-reactive ketones (excluding diaryl/α,β-unsaturated/α-hetero) is 1. The van der Waals surface area contributed by atoms with Gasteiger partial charge in [0, 0.05) is 11.3 Å². The first-order chi connectivity index (χ1) is 9.99. The molecule has 0 aliphatic heterocycles. The number of nitrogens with one attached hydrogen (secondary N) is 1. The maximum atomic E-state index is 12.1. The maximum absolute atomic E-state index is 12.1. The summed E-state index contributed by atoms with van der Waals surface area (Å²) < 4.78 is 0. The summed E-state index contributed by atoms with van der Waals surface area (Å²) in [6, 6.07) is 14.1. The van der Waals surface area contributed by atoms with Crippen LogP contribution < -0.4 is 5.32 Å². The predicted octanol–water partition coefficient (Wildman–Crippen LogP) is 3.73. The first-order valence-corrected chi connectivity index (χ1v) is 7.04. The number of anilines is 1.